The molecule has 0 amide bonds. The fourth-order valence-corrected chi connectivity index (χ4v) is 4.93. The summed E-state index contributed by atoms with van der Waals surface area (Å²) in [4.78, 5) is 17.1. The van der Waals surface area contributed by atoms with Crippen molar-refractivity contribution < 1.29 is 4.74 Å². The second-order valence-corrected chi connectivity index (χ2v) is 10.2. The minimum atomic E-state index is 0.427. The van der Waals surface area contributed by atoms with Crippen molar-refractivity contribution in [3.63, 3.8) is 0 Å². The molecule has 0 saturated carbocycles. The van der Waals surface area contributed by atoms with E-state index in [-0.39, 0.29) is 0 Å². The summed E-state index contributed by atoms with van der Waals surface area (Å²) in [6.45, 7) is 9.92. The van der Waals surface area contributed by atoms with Crippen LogP contribution in [-0.2, 0) is 0 Å². The summed E-state index contributed by atoms with van der Waals surface area (Å²) in [7, 11) is 5.94. The summed E-state index contributed by atoms with van der Waals surface area (Å²) in [5, 5.41) is 4.84. The normalized spacial score (nSPS) is 18.1. The van der Waals surface area contributed by atoms with E-state index in [2.05, 4.69) is 72.2 Å². The molecule has 34 heavy (non-hydrogen) atoms. The van der Waals surface area contributed by atoms with Crippen LogP contribution in [0.25, 0.3) is 17.0 Å². The average Bonchev–Trinajstić information content (AvgIpc) is 3.36. The van der Waals surface area contributed by atoms with Gasteiger partial charge in [-0.15, -0.1) is 0 Å². The summed E-state index contributed by atoms with van der Waals surface area (Å²) >= 11 is 0. The largest absolute Gasteiger partial charge is 0.496 e. The first kappa shape index (κ1) is 24.7. The number of methoxy groups -OCH3 is 1. The van der Waals surface area contributed by atoms with Gasteiger partial charge in [0, 0.05) is 55.8 Å². The molecule has 2 fully saturated rings. The van der Waals surface area contributed by atoms with Crippen LogP contribution in [0, 0.1) is 0 Å². The topological polar surface area (TPSA) is 56.8 Å². The molecule has 0 radical (unpaired) electrons. The molecule has 186 valence electrons. The molecular weight excluding hydrogens is 424 g/mol. The lowest BCUT2D eigenvalue weighted by Crippen LogP contribution is -2.42. The lowest BCUT2D eigenvalue weighted by Gasteiger charge is -2.35. The highest BCUT2D eigenvalue weighted by molar-refractivity contribution is 5.93. The number of piperidine rings is 1. The number of benzene rings is 1. The maximum absolute atomic E-state index is 5.78. The second-order valence-electron chi connectivity index (χ2n) is 10.2. The molecule has 0 atom stereocenters. The number of anilines is 2. The molecule has 1 N–H and O–H groups in total. The van der Waals surface area contributed by atoms with Crippen LogP contribution in [0.2, 0.25) is 0 Å². The predicted molar refractivity (Wildman–Crippen MR) is 143 cm³/mol. The van der Waals surface area contributed by atoms with E-state index in [0.29, 0.717) is 12.1 Å². The number of likely N-dealkylation sites (tertiary alicyclic amines) is 1. The molecule has 4 rings (SSSR count). The summed E-state index contributed by atoms with van der Waals surface area (Å²) < 4.78 is 5.78. The van der Waals surface area contributed by atoms with Gasteiger partial charge in [-0.25, -0.2) is 4.98 Å². The van der Waals surface area contributed by atoms with Crippen LogP contribution in [0.3, 0.4) is 0 Å². The van der Waals surface area contributed by atoms with Gasteiger partial charge in [0.25, 0.3) is 0 Å². The van der Waals surface area contributed by atoms with Crippen LogP contribution >= 0.6 is 0 Å². The molecule has 2 saturated heterocycles. The minimum absolute atomic E-state index is 0.427. The molecule has 3 heterocycles. The molecule has 2 aromatic rings. The fourth-order valence-electron chi connectivity index (χ4n) is 4.93. The molecule has 1 aromatic carbocycles. The second kappa shape index (κ2) is 11.4. The lowest BCUT2D eigenvalue weighted by molar-refractivity contribution is 0.177. The van der Waals surface area contributed by atoms with Crippen molar-refractivity contribution >= 4 is 28.7 Å². The maximum atomic E-state index is 5.78. The van der Waals surface area contributed by atoms with Crippen molar-refractivity contribution in [3.05, 3.63) is 23.8 Å². The van der Waals surface area contributed by atoms with Gasteiger partial charge < -0.3 is 24.8 Å². The average molecular weight is 467 g/mol. The quantitative estimate of drug-likeness (QED) is 0.584. The number of fused-ring (bicyclic) bond motifs is 1. The Balaban J connectivity index is 1.65. The highest BCUT2D eigenvalue weighted by atomic mass is 16.5. The zero-order valence-electron chi connectivity index (χ0n) is 21.7. The van der Waals surface area contributed by atoms with Gasteiger partial charge in [0.15, 0.2) is 0 Å². The van der Waals surface area contributed by atoms with Crippen molar-refractivity contribution in [2.24, 2.45) is 0 Å². The monoisotopic (exact) mass is 466 g/mol. The number of hydrogen-bond acceptors (Lipinski definition) is 7. The Morgan fingerprint density at radius 2 is 1.85 bits per heavy atom. The third kappa shape index (κ3) is 5.99. The van der Waals surface area contributed by atoms with E-state index >= 15 is 0 Å². The summed E-state index contributed by atoms with van der Waals surface area (Å²) in [6, 6.07) is 5.31. The third-order valence-electron chi connectivity index (χ3n) is 7.07. The fraction of sp³-hybridized carbons (Fsp3) is 0.630. The molecule has 0 spiro atoms. The van der Waals surface area contributed by atoms with E-state index < -0.39 is 0 Å². The first-order chi connectivity index (χ1) is 16.4. The molecule has 7 nitrogen and oxygen atoms in total. The summed E-state index contributed by atoms with van der Waals surface area (Å²) in [5.74, 6) is 2.65. The van der Waals surface area contributed by atoms with Crippen LogP contribution in [0.15, 0.2) is 18.2 Å². The summed E-state index contributed by atoms with van der Waals surface area (Å²) in [5.41, 5.74) is 2.04. The van der Waals surface area contributed by atoms with E-state index in [1.807, 2.05) is 0 Å². The molecular formula is C27H42N6O. The Morgan fingerprint density at radius 3 is 2.50 bits per heavy atom. The van der Waals surface area contributed by atoms with Crippen molar-refractivity contribution in [2.75, 3.05) is 64.1 Å². The highest BCUT2D eigenvalue weighted by Crippen LogP contribution is 2.33. The van der Waals surface area contributed by atoms with Gasteiger partial charge >= 0.3 is 0 Å². The van der Waals surface area contributed by atoms with Gasteiger partial charge in [0.1, 0.15) is 11.6 Å². The van der Waals surface area contributed by atoms with Gasteiger partial charge in [-0.3, -0.25) is 0 Å². The standard InChI is InChI=1S/C27H42N6O/c1-20(2)32-16-11-22(12-17-32)28-26-23-19-25(34-5)21(10-6-7-13-31(3)4)18-24(23)29-27(30-26)33-14-8-9-15-33/h6,10,18-20,22H,7-9,11-17H2,1-5H3,(H,28,29,30). The summed E-state index contributed by atoms with van der Waals surface area (Å²) in [6.07, 6.45) is 10.1. The number of nitrogens with zero attached hydrogens (tertiary/aromatic N) is 5. The van der Waals surface area contributed by atoms with Crippen LogP contribution in [0.5, 0.6) is 5.75 Å². The molecule has 7 heteroatoms. The van der Waals surface area contributed by atoms with Gasteiger partial charge in [0.2, 0.25) is 5.95 Å². The minimum Gasteiger partial charge on any atom is -0.496 e. The first-order valence-corrected chi connectivity index (χ1v) is 12.9. The van der Waals surface area contributed by atoms with Crippen LogP contribution in [0.4, 0.5) is 11.8 Å². The third-order valence-corrected chi connectivity index (χ3v) is 7.07. The smallest absolute Gasteiger partial charge is 0.227 e. The highest BCUT2D eigenvalue weighted by Gasteiger charge is 2.23. The van der Waals surface area contributed by atoms with Gasteiger partial charge in [-0.05, 0) is 72.2 Å². The van der Waals surface area contributed by atoms with E-state index in [0.717, 1.165) is 86.0 Å². The number of ether oxygens (including phenoxy) is 1. The van der Waals surface area contributed by atoms with Crippen molar-refractivity contribution in [2.45, 2.75) is 58.0 Å². The Morgan fingerprint density at radius 1 is 1.12 bits per heavy atom. The molecule has 2 aliphatic rings. The zero-order chi connectivity index (χ0) is 24.1. The van der Waals surface area contributed by atoms with Crippen molar-refractivity contribution in [1.29, 1.82) is 0 Å². The van der Waals surface area contributed by atoms with Crippen LogP contribution in [0.1, 0.15) is 51.5 Å². The Bertz CT molecular complexity index is 975. The zero-order valence-corrected chi connectivity index (χ0v) is 21.7. The Kier molecular flexibility index (Phi) is 8.27. The van der Waals surface area contributed by atoms with Gasteiger partial charge in [-0.2, -0.15) is 4.98 Å². The number of hydrogen-bond donors (Lipinski definition) is 1. The van der Waals surface area contributed by atoms with Crippen molar-refractivity contribution in [1.82, 2.24) is 19.8 Å². The van der Waals surface area contributed by atoms with Crippen LogP contribution in [-0.4, -0.2) is 85.8 Å². The number of rotatable bonds is 9. The molecule has 0 aliphatic carbocycles. The van der Waals surface area contributed by atoms with Gasteiger partial charge in [-0.1, -0.05) is 12.2 Å². The number of nitrogens with one attached hydrogen (secondary N) is 1. The van der Waals surface area contributed by atoms with E-state index in [1.54, 1.807) is 7.11 Å². The molecule has 1 aromatic heterocycles. The molecule has 0 unspecified atom stereocenters. The molecule has 2 aliphatic heterocycles. The number of aromatic nitrogens is 2. The Hall–Kier alpha value is -2.38. The van der Waals surface area contributed by atoms with Crippen LogP contribution < -0.4 is 15.0 Å². The van der Waals surface area contributed by atoms with Gasteiger partial charge in [0.05, 0.1) is 12.6 Å². The maximum Gasteiger partial charge on any atom is 0.227 e. The SMILES string of the molecule is COc1cc2c(NC3CCN(C(C)C)CC3)nc(N3CCCC3)nc2cc1C=CCCN(C)C. The predicted octanol–water partition coefficient (Wildman–Crippen LogP) is 4.49. The van der Waals surface area contributed by atoms with Crippen molar-refractivity contribution in [3.8, 4) is 5.75 Å². The Labute approximate surface area is 205 Å². The first-order valence-electron chi connectivity index (χ1n) is 12.9. The van der Waals surface area contributed by atoms with E-state index in [4.69, 9.17) is 14.7 Å². The lowest BCUT2D eigenvalue weighted by atomic mass is 10.0. The van der Waals surface area contributed by atoms with E-state index in [1.165, 1.54) is 12.8 Å². The molecule has 0 bridgehead atoms. The van der Waals surface area contributed by atoms with E-state index in [9.17, 15) is 0 Å².